The van der Waals surface area contributed by atoms with Crippen LogP contribution in [0.2, 0.25) is 0 Å². The Morgan fingerprint density at radius 2 is 1.62 bits per heavy atom. The summed E-state index contributed by atoms with van der Waals surface area (Å²) in [5.74, 6) is 1.78. The van der Waals surface area contributed by atoms with Crippen LogP contribution < -0.4 is 10.1 Å². The molecule has 1 heterocycles. The highest BCUT2D eigenvalue weighted by molar-refractivity contribution is 6.03. The molecule has 4 aromatic carbocycles. The molecule has 3 atom stereocenters. The number of anilines is 1. The molecule has 32 heavy (non-hydrogen) atoms. The van der Waals surface area contributed by atoms with Gasteiger partial charge in [0, 0.05) is 18.7 Å². The Morgan fingerprint density at radius 1 is 0.875 bits per heavy atom. The van der Waals surface area contributed by atoms with Gasteiger partial charge in [0.05, 0.1) is 12.6 Å². The summed E-state index contributed by atoms with van der Waals surface area (Å²) in [7, 11) is 1.70. The third-order valence-electron chi connectivity index (χ3n) is 7.01. The molecule has 0 amide bonds. The van der Waals surface area contributed by atoms with Gasteiger partial charge in [0.2, 0.25) is 0 Å². The van der Waals surface area contributed by atoms with Crippen LogP contribution >= 0.6 is 0 Å². The number of hydrogen-bond acceptors (Lipinski definition) is 3. The third-order valence-corrected chi connectivity index (χ3v) is 7.01. The van der Waals surface area contributed by atoms with E-state index in [1.807, 2.05) is 0 Å². The van der Waals surface area contributed by atoms with Gasteiger partial charge in [-0.3, -0.25) is 0 Å². The average Bonchev–Trinajstić information content (AvgIpc) is 3.33. The Morgan fingerprint density at radius 3 is 2.38 bits per heavy atom. The quantitative estimate of drug-likeness (QED) is 0.217. The van der Waals surface area contributed by atoms with E-state index in [0.29, 0.717) is 25.0 Å². The van der Waals surface area contributed by atoms with Crippen molar-refractivity contribution >= 4 is 27.2 Å². The van der Waals surface area contributed by atoms with Crippen molar-refractivity contribution < 1.29 is 9.47 Å². The number of fused-ring (bicyclic) bond motifs is 5. The van der Waals surface area contributed by atoms with Crippen LogP contribution in [-0.4, -0.2) is 20.3 Å². The monoisotopic (exact) mass is 421 g/mol. The van der Waals surface area contributed by atoms with Gasteiger partial charge in [0.25, 0.3) is 0 Å². The predicted octanol–water partition coefficient (Wildman–Crippen LogP) is 6.84. The number of rotatable bonds is 5. The summed E-state index contributed by atoms with van der Waals surface area (Å²) < 4.78 is 11.0. The van der Waals surface area contributed by atoms with Gasteiger partial charge in [-0.2, -0.15) is 0 Å². The summed E-state index contributed by atoms with van der Waals surface area (Å²) >= 11 is 0. The molecule has 0 spiro atoms. The molecule has 1 aliphatic carbocycles. The van der Waals surface area contributed by atoms with E-state index in [-0.39, 0.29) is 6.04 Å². The molecule has 6 rings (SSSR count). The molecule has 4 aromatic rings. The molecule has 0 saturated carbocycles. The molecule has 0 fully saturated rings. The second-order valence-corrected chi connectivity index (χ2v) is 8.80. The lowest BCUT2D eigenvalue weighted by Crippen LogP contribution is -2.29. The summed E-state index contributed by atoms with van der Waals surface area (Å²) in [5.41, 5.74) is 3.96. The van der Waals surface area contributed by atoms with Crippen LogP contribution in [0.25, 0.3) is 21.5 Å². The first-order valence-corrected chi connectivity index (χ1v) is 11.4. The fourth-order valence-corrected chi connectivity index (χ4v) is 5.57. The Balaban J connectivity index is 1.48. The van der Waals surface area contributed by atoms with Crippen LogP contribution in [0.5, 0.6) is 5.75 Å². The fourth-order valence-electron chi connectivity index (χ4n) is 5.57. The van der Waals surface area contributed by atoms with Gasteiger partial charge in [-0.1, -0.05) is 60.7 Å². The van der Waals surface area contributed by atoms with Crippen molar-refractivity contribution in [2.24, 2.45) is 5.92 Å². The van der Waals surface area contributed by atoms with Crippen molar-refractivity contribution in [3.63, 3.8) is 0 Å². The van der Waals surface area contributed by atoms with E-state index in [1.165, 1.54) is 38.4 Å². The van der Waals surface area contributed by atoms with E-state index in [9.17, 15) is 0 Å². The Kier molecular flexibility index (Phi) is 4.84. The summed E-state index contributed by atoms with van der Waals surface area (Å²) in [6, 6.07) is 26.6. The Labute approximate surface area is 188 Å². The molecule has 0 saturated heterocycles. The highest BCUT2D eigenvalue weighted by Gasteiger charge is 2.39. The lowest BCUT2D eigenvalue weighted by Gasteiger charge is -2.38. The minimum Gasteiger partial charge on any atom is -0.491 e. The van der Waals surface area contributed by atoms with Crippen molar-refractivity contribution in [2.45, 2.75) is 18.4 Å². The Hall–Kier alpha value is -3.30. The molecular formula is C29H27NO2. The Bertz CT molecular complexity index is 1270. The van der Waals surface area contributed by atoms with Gasteiger partial charge < -0.3 is 14.8 Å². The number of allylic oxidation sites excluding steroid dienone is 2. The van der Waals surface area contributed by atoms with Gasteiger partial charge in [-0.15, -0.1) is 0 Å². The maximum absolute atomic E-state index is 5.91. The smallest absolute Gasteiger partial charge is 0.119 e. The summed E-state index contributed by atoms with van der Waals surface area (Å²) in [6.07, 6.45) is 5.82. The van der Waals surface area contributed by atoms with Crippen molar-refractivity contribution in [1.82, 2.24) is 0 Å². The van der Waals surface area contributed by atoms with Crippen LogP contribution in [0.4, 0.5) is 5.69 Å². The summed E-state index contributed by atoms with van der Waals surface area (Å²) in [5, 5.41) is 9.24. The molecule has 0 bridgehead atoms. The highest BCUT2D eigenvalue weighted by Crippen LogP contribution is 2.52. The van der Waals surface area contributed by atoms with Gasteiger partial charge in [0.1, 0.15) is 12.4 Å². The average molecular weight is 422 g/mol. The first kappa shape index (κ1) is 19.4. The number of methoxy groups -OCH3 is 1. The van der Waals surface area contributed by atoms with Crippen LogP contribution in [-0.2, 0) is 4.74 Å². The molecule has 160 valence electrons. The van der Waals surface area contributed by atoms with E-state index in [1.54, 1.807) is 7.11 Å². The standard InChI is InChI=1S/C29H27NO2/c1-31-15-16-32-21-13-14-27-26(18-21)24-11-6-12-25(24)29(30-27)28-22-9-4-2-7-19(22)17-20-8-3-5-10-23(20)28/h2-11,13-14,17-18,24-25,29-30H,12,15-16H2,1H3. The van der Waals surface area contributed by atoms with E-state index >= 15 is 0 Å². The first-order chi connectivity index (χ1) is 15.8. The topological polar surface area (TPSA) is 30.5 Å². The zero-order valence-electron chi connectivity index (χ0n) is 18.3. The number of ether oxygens (including phenoxy) is 2. The fraction of sp³-hybridized carbons (Fsp3) is 0.241. The van der Waals surface area contributed by atoms with Crippen LogP contribution in [0.15, 0.2) is 84.9 Å². The highest BCUT2D eigenvalue weighted by atomic mass is 16.5. The summed E-state index contributed by atoms with van der Waals surface area (Å²) in [6.45, 7) is 1.16. The maximum Gasteiger partial charge on any atom is 0.119 e. The zero-order chi connectivity index (χ0) is 21.5. The zero-order valence-corrected chi connectivity index (χ0v) is 18.3. The lowest BCUT2D eigenvalue weighted by molar-refractivity contribution is 0.146. The molecule has 1 N–H and O–H groups in total. The molecule has 3 nitrogen and oxygen atoms in total. The number of benzene rings is 4. The molecule has 2 aliphatic rings. The SMILES string of the molecule is COCCOc1ccc2c(c1)C1C=CCC1C(c1c3ccccc3cc3ccccc13)N2. The van der Waals surface area contributed by atoms with Gasteiger partial charge >= 0.3 is 0 Å². The van der Waals surface area contributed by atoms with Gasteiger partial charge in [0.15, 0.2) is 0 Å². The van der Waals surface area contributed by atoms with Crippen molar-refractivity contribution in [2.75, 3.05) is 25.6 Å². The van der Waals surface area contributed by atoms with Crippen molar-refractivity contribution in [3.05, 3.63) is 96.1 Å². The van der Waals surface area contributed by atoms with E-state index in [2.05, 4.69) is 90.3 Å². The molecule has 3 heteroatoms. The molecule has 0 radical (unpaired) electrons. The van der Waals surface area contributed by atoms with E-state index < -0.39 is 0 Å². The van der Waals surface area contributed by atoms with Crippen molar-refractivity contribution in [1.29, 1.82) is 0 Å². The second-order valence-electron chi connectivity index (χ2n) is 8.80. The molecule has 3 unspecified atom stereocenters. The largest absolute Gasteiger partial charge is 0.491 e. The van der Waals surface area contributed by atoms with E-state index in [4.69, 9.17) is 9.47 Å². The maximum atomic E-state index is 5.91. The minimum absolute atomic E-state index is 0.249. The first-order valence-electron chi connectivity index (χ1n) is 11.4. The lowest BCUT2D eigenvalue weighted by atomic mass is 9.75. The third kappa shape index (κ3) is 3.16. The number of hydrogen-bond donors (Lipinski definition) is 1. The molecule has 1 aliphatic heterocycles. The molecular weight excluding hydrogens is 394 g/mol. The van der Waals surface area contributed by atoms with Gasteiger partial charge in [-0.05, 0) is 69.3 Å². The van der Waals surface area contributed by atoms with E-state index in [0.717, 1.165) is 12.2 Å². The molecule has 0 aromatic heterocycles. The predicted molar refractivity (Wildman–Crippen MR) is 132 cm³/mol. The van der Waals surface area contributed by atoms with Crippen LogP contribution in [0.1, 0.15) is 29.5 Å². The van der Waals surface area contributed by atoms with Gasteiger partial charge in [-0.25, -0.2) is 0 Å². The normalized spacial score (nSPS) is 21.3. The van der Waals surface area contributed by atoms with Crippen molar-refractivity contribution in [3.8, 4) is 5.75 Å². The van der Waals surface area contributed by atoms with Crippen LogP contribution in [0.3, 0.4) is 0 Å². The second kappa shape index (κ2) is 7.99. The number of nitrogens with one attached hydrogen (secondary N) is 1. The minimum atomic E-state index is 0.249. The summed E-state index contributed by atoms with van der Waals surface area (Å²) in [4.78, 5) is 0. The van der Waals surface area contributed by atoms with Crippen LogP contribution in [0, 0.1) is 5.92 Å².